The third kappa shape index (κ3) is 9.95. The number of hydrogen-bond acceptors (Lipinski definition) is 4. The van der Waals surface area contributed by atoms with Gasteiger partial charge in [0.25, 0.3) is 0 Å². The van der Waals surface area contributed by atoms with Crippen LogP contribution in [0.25, 0.3) is 11.1 Å². The first kappa shape index (κ1) is 45.4. The second-order valence-corrected chi connectivity index (χ2v) is 18.8. The van der Waals surface area contributed by atoms with Crippen LogP contribution in [-0.2, 0) is 0 Å². The molecule has 0 spiro atoms. The van der Waals surface area contributed by atoms with Crippen LogP contribution in [0.5, 0.6) is 0 Å². The molecular formula is C66H60N4. The van der Waals surface area contributed by atoms with Crippen molar-refractivity contribution in [3.63, 3.8) is 0 Å². The fourth-order valence-electron chi connectivity index (χ4n) is 9.32. The Kier molecular flexibility index (Phi) is 13.0. The third-order valence-corrected chi connectivity index (χ3v) is 13.4. The van der Waals surface area contributed by atoms with Gasteiger partial charge in [-0.05, 0) is 205 Å². The molecule has 1 aliphatic carbocycles. The normalized spacial score (nSPS) is 12.2. The highest BCUT2D eigenvalue weighted by atomic mass is 15.2. The van der Waals surface area contributed by atoms with Crippen molar-refractivity contribution in [3.05, 3.63) is 270 Å². The molecule has 0 saturated carbocycles. The lowest BCUT2D eigenvalue weighted by Gasteiger charge is -2.31. The molecule has 0 saturated heterocycles. The minimum absolute atomic E-state index is 1.00. The fourth-order valence-corrected chi connectivity index (χ4v) is 9.32. The highest BCUT2D eigenvalue weighted by Crippen LogP contribution is 2.42. The van der Waals surface area contributed by atoms with E-state index < -0.39 is 0 Å². The zero-order chi connectivity index (χ0) is 48.1. The summed E-state index contributed by atoms with van der Waals surface area (Å²) in [6.45, 7) is 12.9. The smallest absolute Gasteiger partial charge is 0.0463 e. The zero-order valence-corrected chi connectivity index (χ0v) is 41.1. The standard InChI is InChI=1S/C66H60N4/c1-47-7-23-55(24-8-47)67(56-25-9-48(2)10-26-56)63-39-43-65(44-40-63)69(59-31-15-51(5)16-32-59)61-35-19-53(20-36-61)54-21-37-62(38-22-54)70(60-33-17-52(6)18-34-60)66-45-41-64(42-46-66)68(57-27-11-49(3)12-28-57)58-29-13-50(4)14-30-58/h7-13,15-29,31-46H,14,30H2,1-6H3. The van der Waals surface area contributed by atoms with Gasteiger partial charge in [-0.1, -0.05) is 124 Å². The zero-order valence-electron chi connectivity index (χ0n) is 41.1. The van der Waals surface area contributed by atoms with Gasteiger partial charge in [-0.15, -0.1) is 0 Å². The van der Waals surface area contributed by atoms with Gasteiger partial charge in [0.05, 0.1) is 0 Å². The molecular weight excluding hydrogens is 849 g/mol. The van der Waals surface area contributed by atoms with Gasteiger partial charge >= 0.3 is 0 Å². The first-order valence-corrected chi connectivity index (χ1v) is 24.4. The molecule has 0 bridgehead atoms. The van der Waals surface area contributed by atoms with Crippen molar-refractivity contribution >= 4 is 62.6 Å². The molecule has 0 radical (unpaired) electrons. The van der Waals surface area contributed by atoms with Gasteiger partial charge < -0.3 is 19.6 Å². The van der Waals surface area contributed by atoms with Crippen LogP contribution in [-0.4, -0.2) is 0 Å². The quantitative estimate of drug-likeness (QED) is 0.114. The molecule has 0 atom stereocenters. The van der Waals surface area contributed by atoms with Crippen molar-refractivity contribution in [2.75, 3.05) is 19.6 Å². The predicted octanol–water partition coefficient (Wildman–Crippen LogP) is 19.1. The van der Waals surface area contributed by atoms with Gasteiger partial charge in [0.15, 0.2) is 0 Å². The SMILES string of the molecule is CC1=CC=C(N(c2ccc(C)cc2)c2ccc(N(c3ccc(C)cc3)c3ccc(-c4ccc(N(c5ccc(C)cc5)c5ccc(N(c6ccc(C)cc6)c6ccc(C)cc6)cc5)cc4)cc3)cc2)CC1. The van der Waals surface area contributed by atoms with Crippen LogP contribution in [0.4, 0.5) is 62.6 Å². The van der Waals surface area contributed by atoms with Crippen LogP contribution in [0, 0.1) is 34.6 Å². The maximum Gasteiger partial charge on any atom is 0.0463 e. The molecule has 4 heteroatoms. The Hall–Kier alpha value is -8.34. The summed E-state index contributed by atoms with van der Waals surface area (Å²) in [4.78, 5) is 9.42. The Morgan fingerprint density at radius 1 is 0.214 bits per heavy atom. The van der Waals surface area contributed by atoms with Crippen molar-refractivity contribution in [1.29, 1.82) is 0 Å². The predicted molar refractivity (Wildman–Crippen MR) is 299 cm³/mol. The second-order valence-electron chi connectivity index (χ2n) is 18.8. The highest BCUT2D eigenvalue weighted by Gasteiger charge is 2.20. The summed E-state index contributed by atoms with van der Waals surface area (Å²) in [6.07, 6.45) is 6.62. The largest absolute Gasteiger partial charge is 0.314 e. The summed E-state index contributed by atoms with van der Waals surface area (Å²) in [6, 6.07) is 79.9. The van der Waals surface area contributed by atoms with Crippen LogP contribution in [0.3, 0.4) is 0 Å². The van der Waals surface area contributed by atoms with Crippen LogP contribution in [0.1, 0.15) is 47.6 Å². The van der Waals surface area contributed by atoms with Crippen molar-refractivity contribution in [3.8, 4) is 11.1 Å². The van der Waals surface area contributed by atoms with Crippen LogP contribution >= 0.6 is 0 Å². The lowest BCUT2D eigenvalue weighted by Crippen LogP contribution is -2.18. The monoisotopic (exact) mass is 908 g/mol. The van der Waals surface area contributed by atoms with E-state index in [2.05, 4.69) is 292 Å². The molecule has 0 aliphatic heterocycles. The van der Waals surface area contributed by atoms with Crippen molar-refractivity contribution in [2.45, 2.75) is 54.4 Å². The summed E-state index contributed by atoms with van der Waals surface area (Å²) in [5, 5.41) is 0. The Morgan fingerprint density at radius 3 is 0.629 bits per heavy atom. The molecule has 0 heterocycles. The van der Waals surface area contributed by atoms with E-state index in [0.29, 0.717) is 0 Å². The molecule has 9 aromatic rings. The molecule has 344 valence electrons. The van der Waals surface area contributed by atoms with E-state index >= 15 is 0 Å². The molecule has 0 fully saturated rings. The van der Waals surface area contributed by atoms with E-state index in [1.54, 1.807) is 0 Å². The van der Waals surface area contributed by atoms with Crippen LogP contribution in [0.15, 0.2) is 242 Å². The maximum absolute atomic E-state index is 2.41. The highest BCUT2D eigenvalue weighted by molar-refractivity contribution is 5.84. The number of anilines is 11. The third-order valence-electron chi connectivity index (χ3n) is 13.4. The molecule has 0 amide bonds. The molecule has 1 aliphatic rings. The number of aryl methyl sites for hydroxylation is 5. The number of benzene rings is 9. The lowest BCUT2D eigenvalue weighted by atomic mass is 10.0. The van der Waals surface area contributed by atoms with Crippen molar-refractivity contribution < 1.29 is 0 Å². The van der Waals surface area contributed by atoms with Gasteiger partial charge in [0.2, 0.25) is 0 Å². The van der Waals surface area contributed by atoms with Gasteiger partial charge in [-0.25, -0.2) is 0 Å². The molecule has 10 rings (SSSR count). The second kappa shape index (κ2) is 20.1. The van der Waals surface area contributed by atoms with E-state index in [1.807, 2.05) is 0 Å². The lowest BCUT2D eigenvalue weighted by molar-refractivity contribution is 0.874. The fraction of sp³-hybridized carbons (Fsp3) is 0.121. The Morgan fingerprint density at radius 2 is 0.414 bits per heavy atom. The Labute approximate surface area is 415 Å². The average molecular weight is 909 g/mol. The summed E-state index contributed by atoms with van der Waals surface area (Å²) < 4.78 is 0. The minimum Gasteiger partial charge on any atom is -0.314 e. The van der Waals surface area contributed by atoms with E-state index in [4.69, 9.17) is 0 Å². The maximum atomic E-state index is 2.41. The van der Waals surface area contributed by atoms with Gasteiger partial charge in [-0.2, -0.15) is 0 Å². The van der Waals surface area contributed by atoms with E-state index in [1.165, 1.54) is 44.8 Å². The first-order valence-electron chi connectivity index (χ1n) is 24.4. The summed E-state index contributed by atoms with van der Waals surface area (Å²) in [5.41, 5.74) is 23.5. The topological polar surface area (TPSA) is 13.0 Å². The first-order chi connectivity index (χ1) is 34.1. The molecule has 0 aromatic heterocycles. The molecule has 4 nitrogen and oxygen atoms in total. The van der Waals surface area contributed by atoms with Crippen molar-refractivity contribution in [1.82, 2.24) is 0 Å². The summed E-state index contributed by atoms with van der Waals surface area (Å²) in [7, 11) is 0. The average Bonchev–Trinajstić information content (AvgIpc) is 3.39. The molecule has 70 heavy (non-hydrogen) atoms. The van der Waals surface area contributed by atoms with Crippen LogP contribution in [0.2, 0.25) is 0 Å². The summed E-state index contributed by atoms with van der Waals surface area (Å²) >= 11 is 0. The Balaban J connectivity index is 0.943. The Bertz CT molecular complexity index is 3190. The number of nitrogens with zero attached hydrogens (tertiary/aromatic N) is 4. The number of rotatable bonds is 13. The summed E-state index contributed by atoms with van der Waals surface area (Å²) in [5.74, 6) is 0. The molecule has 0 unspecified atom stereocenters. The van der Waals surface area contributed by atoms with E-state index in [0.717, 1.165) is 80.8 Å². The van der Waals surface area contributed by atoms with Crippen molar-refractivity contribution in [2.24, 2.45) is 0 Å². The minimum atomic E-state index is 1.00. The number of hydrogen-bond donors (Lipinski definition) is 0. The molecule has 0 N–H and O–H groups in total. The van der Waals surface area contributed by atoms with Gasteiger partial charge in [-0.3, -0.25) is 0 Å². The van der Waals surface area contributed by atoms with Gasteiger partial charge in [0.1, 0.15) is 0 Å². The van der Waals surface area contributed by atoms with Gasteiger partial charge in [0, 0.05) is 68.3 Å². The van der Waals surface area contributed by atoms with E-state index in [-0.39, 0.29) is 0 Å². The molecule has 9 aromatic carbocycles. The van der Waals surface area contributed by atoms with Crippen LogP contribution < -0.4 is 19.6 Å². The van der Waals surface area contributed by atoms with E-state index in [9.17, 15) is 0 Å². The number of allylic oxidation sites excluding steroid dienone is 4.